The predicted molar refractivity (Wildman–Crippen MR) is 182 cm³/mol. The van der Waals surface area contributed by atoms with E-state index >= 15 is 0 Å². The first-order valence-electron chi connectivity index (χ1n) is 17.3. The molecule has 3 N–H and O–H groups in total. The average Bonchev–Trinajstić information content (AvgIpc) is 3.39. The van der Waals surface area contributed by atoms with Crippen molar-refractivity contribution >= 4 is 33.7 Å². The Hall–Kier alpha value is -2.91. The van der Waals surface area contributed by atoms with Crippen LogP contribution in [-0.4, -0.2) is 72.0 Å². The summed E-state index contributed by atoms with van der Waals surface area (Å²) in [5, 5.41) is 3.93. The maximum absolute atomic E-state index is 12.3. The molecule has 0 aliphatic rings. The lowest BCUT2D eigenvalue weighted by atomic mass is 10.1. The molecular weight excluding hydrogens is 552 g/mol. The second kappa shape index (κ2) is 20.9. The minimum absolute atomic E-state index is 0.0840. The van der Waals surface area contributed by atoms with Crippen molar-refractivity contribution in [3.05, 3.63) is 30.1 Å². The van der Waals surface area contributed by atoms with Crippen LogP contribution in [0.4, 0.5) is 5.82 Å². The van der Waals surface area contributed by atoms with E-state index in [1.54, 1.807) is 0 Å². The third kappa shape index (κ3) is 12.2. The Morgan fingerprint density at radius 3 is 2.30 bits per heavy atom. The van der Waals surface area contributed by atoms with Crippen molar-refractivity contribution < 1.29 is 14.4 Å². The number of nitrogens with one attached hydrogen (secondary N) is 1. The van der Waals surface area contributed by atoms with E-state index in [2.05, 4.69) is 36.1 Å². The van der Waals surface area contributed by atoms with E-state index in [-0.39, 0.29) is 5.91 Å². The van der Waals surface area contributed by atoms with Crippen molar-refractivity contribution in [3.8, 4) is 0 Å². The second-order valence-corrected chi connectivity index (χ2v) is 12.0. The maximum Gasteiger partial charge on any atom is 0.220 e. The summed E-state index contributed by atoms with van der Waals surface area (Å²) in [6.07, 6.45) is 17.9. The van der Waals surface area contributed by atoms with Crippen LogP contribution < -0.4 is 15.9 Å². The van der Waals surface area contributed by atoms with Crippen molar-refractivity contribution in [2.75, 3.05) is 52.2 Å². The third-order valence-electron chi connectivity index (χ3n) is 8.15. The number of hydrogen-bond acceptors (Lipinski definition) is 7. The van der Waals surface area contributed by atoms with Gasteiger partial charge in [0.2, 0.25) is 5.91 Å². The van der Waals surface area contributed by atoms with Gasteiger partial charge in [0.1, 0.15) is 23.5 Å². The lowest BCUT2D eigenvalue weighted by Crippen LogP contribution is -2.29. The number of rotatable bonds is 25. The summed E-state index contributed by atoms with van der Waals surface area (Å²) >= 11 is 0. The number of pyridine rings is 1. The SMILES string of the molecule is CCCCCCCCCCCCN(C)CCCC(=O)NCCOCCOn1c(CCCC)nc2c(N)nc3ccccc3c21. The molecule has 0 spiro atoms. The molecule has 0 bridgehead atoms. The van der Waals surface area contributed by atoms with Crippen molar-refractivity contribution in [2.24, 2.45) is 0 Å². The molecule has 2 aromatic heterocycles. The van der Waals surface area contributed by atoms with Crippen LogP contribution in [0.3, 0.4) is 0 Å². The van der Waals surface area contributed by atoms with E-state index < -0.39 is 0 Å². The van der Waals surface area contributed by atoms with Crippen LogP contribution in [0.15, 0.2) is 24.3 Å². The van der Waals surface area contributed by atoms with E-state index in [1.807, 2.05) is 29.0 Å². The molecule has 1 amide bonds. The Kier molecular flexibility index (Phi) is 16.9. The standard InChI is InChI=1S/C35H58N6O3/c1-4-6-8-9-10-11-12-13-14-17-24-40(3)25-18-22-32(42)37-23-26-43-27-28-44-41-31(21-7-5-2)39-33-34(41)29-19-15-16-20-30(29)38-35(33)36/h15-16,19-20H,4-14,17-18,21-28H2,1-3H3,(H2,36,38)(H,37,42). The number of unbranched alkanes of at least 4 members (excludes halogenated alkanes) is 10. The van der Waals surface area contributed by atoms with Gasteiger partial charge in [0, 0.05) is 24.8 Å². The first-order chi connectivity index (χ1) is 21.5. The maximum atomic E-state index is 12.3. The number of nitrogens with two attached hydrogens (primary N) is 1. The fraction of sp³-hybridized carbons (Fsp3) is 0.686. The van der Waals surface area contributed by atoms with Crippen LogP contribution in [0.5, 0.6) is 0 Å². The van der Waals surface area contributed by atoms with Gasteiger partial charge >= 0.3 is 0 Å². The lowest BCUT2D eigenvalue weighted by molar-refractivity contribution is -0.121. The van der Waals surface area contributed by atoms with Gasteiger partial charge in [-0.1, -0.05) is 96.3 Å². The van der Waals surface area contributed by atoms with Crippen molar-refractivity contribution in [2.45, 2.75) is 110 Å². The van der Waals surface area contributed by atoms with Crippen LogP contribution in [-0.2, 0) is 16.0 Å². The largest absolute Gasteiger partial charge is 0.410 e. The first-order valence-corrected chi connectivity index (χ1v) is 17.3. The van der Waals surface area contributed by atoms with Crippen LogP contribution >= 0.6 is 0 Å². The zero-order chi connectivity index (χ0) is 31.4. The van der Waals surface area contributed by atoms with Gasteiger partial charge in [-0.25, -0.2) is 9.97 Å². The molecular formula is C35H58N6O3. The van der Waals surface area contributed by atoms with Crippen LogP contribution in [0.2, 0.25) is 0 Å². The molecule has 9 nitrogen and oxygen atoms in total. The molecule has 0 unspecified atom stereocenters. The number of nitrogen functional groups attached to an aromatic ring is 1. The average molecular weight is 611 g/mol. The summed E-state index contributed by atoms with van der Waals surface area (Å²) in [7, 11) is 2.16. The van der Waals surface area contributed by atoms with Crippen LogP contribution in [0, 0.1) is 0 Å². The summed E-state index contributed by atoms with van der Waals surface area (Å²) in [6.45, 7) is 8.21. The number of nitrogens with zero attached hydrogens (tertiary/aromatic N) is 4. The molecule has 0 aliphatic heterocycles. The van der Waals surface area contributed by atoms with E-state index in [4.69, 9.17) is 20.3 Å². The fourth-order valence-electron chi connectivity index (χ4n) is 5.58. The lowest BCUT2D eigenvalue weighted by Gasteiger charge is -2.16. The van der Waals surface area contributed by atoms with E-state index in [9.17, 15) is 4.79 Å². The predicted octanol–water partition coefficient (Wildman–Crippen LogP) is 6.70. The number of carbonyl (C=O) groups excluding carboxylic acids is 1. The van der Waals surface area contributed by atoms with E-state index in [0.29, 0.717) is 44.1 Å². The van der Waals surface area contributed by atoms with Gasteiger partial charge < -0.3 is 25.5 Å². The Balaban J connectivity index is 1.25. The molecule has 0 fully saturated rings. The minimum Gasteiger partial charge on any atom is -0.410 e. The van der Waals surface area contributed by atoms with Crippen molar-refractivity contribution in [1.29, 1.82) is 0 Å². The Morgan fingerprint density at radius 1 is 0.864 bits per heavy atom. The minimum atomic E-state index is 0.0840. The molecule has 9 heteroatoms. The quantitative estimate of drug-likeness (QED) is 0.103. The number of imidazole rings is 1. The number of fused-ring (bicyclic) bond motifs is 3. The third-order valence-corrected chi connectivity index (χ3v) is 8.15. The molecule has 0 saturated carbocycles. The molecule has 44 heavy (non-hydrogen) atoms. The second-order valence-electron chi connectivity index (χ2n) is 12.0. The van der Waals surface area contributed by atoms with Gasteiger partial charge in [0.25, 0.3) is 0 Å². The highest BCUT2D eigenvalue weighted by Gasteiger charge is 2.18. The molecule has 3 aromatic rings. The Morgan fingerprint density at radius 2 is 1.55 bits per heavy atom. The number of carbonyl (C=O) groups is 1. The number of hydrogen-bond donors (Lipinski definition) is 2. The number of amides is 1. The summed E-state index contributed by atoms with van der Waals surface area (Å²) in [5.41, 5.74) is 8.59. The summed E-state index contributed by atoms with van der Waals surface area (Å²) in [6, 6.07) is 7.90. The fourth-order valence-corrected chi connectivity index (χ4v) is 5.58. The number of para-hydroxylation sites is 1. The van der Waals surface area contributed by atoms with Gasteiger partial charge in [0.05, 0.1) is 18.7 Å². The van der Waals surface area contributed by atoms with Gasteiger partial charge in [-0.15, -0.1) is 0 Å². The smallest absolute Gasteiger partial charge is 0.220 e. The highest BCUT2D eigenvalue weighted by molar-refractivity contribution is 6.06. The number of ether oxygens (including phenoxy) is 1. The van der Waals surface area contributed by atoms with E-state index in [1.165, 1.54) is 64.2 Å². The topological polar surface area (TPSA) is 108 Å². The summed E-state index contributed by atoms with van der Waals surface area (Å²) in [4.78, 5) is 30.1. The molecule has 246 valence electrons. The van der Waals surface area contributed by atoms with Gasteiger partial charge in [-0.2, -0.15) is 4.73 Å². The molecule has 0 saturated heterocycles. The molecule has 0 aliphatic carbocycles. The van der Waals surface area contributed by atoms with Gasteiger partial charge in [-0.3, -0.25) is 4.79 Å². The zero-order valence-electron chi connectivity index (χ0n) is 27.7. The van der Waals surface area contributed by atoms with Crippen LogP contribution in [0.25, 0.3) is 21.9 Å². The van der Waals surface area contributed by atoms with E-state index in [0.717, 1.165) is 61.0 Å². The Bertz CT molecular complexity index is 1230. The molecule has 1 aromatic carbocycles. The Labute approximate surface area is 265 Å². The van der Waals surface area contributed by atoms with Gasteiger partial charge in [-0.05, 0) is 45.5 Å². The summed E-state index contributed by atoms with van der Waals surface area (Å²) in [5.74, 6) is 1.33. The normalized spacial score (nSPS) is 11.6. The number of benzene rings is 1. The number of anilines is 1. The molecule has 3 rings (SSSR count). The van der Waals surface area contributed by atoms with Gasteiger partial charge in [0.15, 0.2) is 5.82 Å². The number of aromatic nitrogens is 3. The van der Waals surface area contributed by atoms with Crippen molar-refractivity contribution in [1.82, 2.24) is 24.9 Å². The van der Waals surface area contributed by atoms with Crippen molar-refractivity contribution in [3.63, 3.8) is 0 Å². The summed E-state index contributed by atoms with van der Waals surface area (Å²) < 4.78 is 7.56. The highest BCUT2D eigenvalue weighted by atomic mass is 16.7. The zero-order valence-corrected chi connectivity index (χ0v) is 27.7. The molecule has 0 atom stereocenters. The highest BCUT2D eigenvalue weighted by Crippen LogP contribution is 2.28. The molecule has 2 heterocycles. The first kappa shape index (κ1) is 35.6. The monoisotopic (exact) mass is 610 g/mol. The molecule has 0 radical (unpaired) electrons. The number of aryl methyl sites for hydroxylation is 1. The van der Waals surface area contributed by atoms with Crippen LogP contribution in [0.1, 0.15) is 110 Å².